The van der Waals surface area contributed by atoms with Crippen LogP contribution in [0.4, 0.5) is 16.8 Å². The Kier molecular flexibility index (Phi) is 11.8. The molecule has 2 aromatic heterocycles. The number of fused-ring (bicyclic) bond motifs is 2. The largest absolute Gasteiger partial charge is 0.480 e. The molecule has 0 spiro atoms. The second kappa shape index (κ2) is 16.4. The van der Waals surface area contributed by atoms with Crippen molar-refractivity contribution in [2.45, 2.75) is 103 Å². The van der Waals surface area contributed by atoms with E-state index in [9.17, 15) is 19.5 Å². The molecule has 7 rings (SSSR count). The lowest BCUT2D eigenvalue weighted by Crippen LogP contribution is -2.60. The number of piperidine rings is 2. The summed E-state index contributed by atoms with van der Waals surface area (Å²) >= 11 is 0. The van der Waals surface area contributed by atoms with Gasteiger partial charge in [-0.05, 0) is 97.4 Å². The first-order chi connectivity index (χ1) is 25.4. The molecule has 2 aromatic carbocycles. The van der Waals surface area contributed by atoms with Gasteiger partial charge in [-0.25, -0.2) is 9.59 Å². The summed E-state index contributed by atoms with van der Waals surface area (Å²) in [5, 5.41) is 12.4. The number of nitrogens with one attached hydrogen (secondary N) is 1. The lowest BCUT2D eigenvalue weighted by Gasteiger charge is -2.44. The van der Waals surface area contributed by atoms with Crippen molar-refractivity contribution in [2.24, 2.45) is 0 Å². The third-order valence-electron chi connectivity index (χ3n) is 10.1. The number of benzene rings is 2. The van der Waals surface area contributed by atoms with E-state index in [1.807, 2.05) is 74.2 Å². The van der Waals surface area contributed by atoms with E-state index in [1.54, 1.807) is 9.80 Å². The number of carbonyl (C=O) groups is 3. The molecule has 0 radical (unpaired) electrons. The number of para-hydroxylation sites is 4. The Hall–Kier alpha value is -4.85. The average molecular weight is 732 g/mol. The Morgan fingerprint density at radius 2 is 1.32 bits per heavy atom. The normalized spacial score (nSPS) is 22.7. The van der Waals surface area contributed by atoms with Crippen molar-refractivity contribution in [3.8, 4) is 0 Å². The minimum absolute atomic E-state index is 0.0136. The first-order valence-corrected chi connectivity index (χ1v) is 18.9. The summed E-state index contributed by atoms with van der Waals surface area (Å²) in [4.78, 5) is 53.8. The zero-order chi connectivity index (χ0) is 37.7. The lowest BCUT2D eigenvalue weighted by molar-refractivity contribution is -0.139. The zero-order valence-corrected chi connectivity index (χ0v) is 31.5. The lowest BCUT2D eigenvalue weighted by atomic mass is 10.0. The fourth-order valence-electron chi connectivity index (χ4n) is 7.52. The van der Waals surface area contributed by atoms with Gasteiger partial charge in [0.25, 0.3) is 12.0 Å². The number of aromatic nitrogens is 2. The van der Waals surface area contributed by atoms with Crippen LogP contribution >= 0.6 is 0 Å². The maximum absolute atomic E-state index is 13.2. The zero-order valence-electron chi connectivity index (χ0n) is 31.5. The summed E-state index contributed by atoms with van der Waals surface area (Å²) in [6.07, 6.45) is 5.10. The van der Waals surface area contributed by atoms with Crippen molar-refractivity contribution in [3.63, 3.8) is 0 Å². The maximum atomic E-state index is 13.2. The number of nitrogens with zero attached hydrogens (tertiary/aromatic N) is 6. The Labute approximate surface area is 310 Å². The van der Waals surface area contributed by atoms with Crippen LogP contribution in [0, 0.1) is 0 Å². The predicted octanol–water partition coefficient (Wildman–Crippen LogP) is 5.90. The fraction of sp³-hybridized carbons (Fsp3) is 0.564. The van der Waals surface area contributed by atoms with E-state index in [0.717, 1.165) is 61.8 Å². The number of carbonyl (C=O) groups excluding carboxylic acids is 2. The smallest absolute Gasteiger partial charge is 0.410 e. The molecule has 3 aliphatic rings. The summed E-state index contributed by atoms with van der Waals surface area (Å²) < 4.78 is 17.1. The molecule has 3 aliphatic heterocycles. The molecule has 14 nitrogen and oxygen atoms in total. The minimum atomic E-state index is -0.808. The molecule has 0 saturated carbocycles. The van der Waals surface area contributed by atoms with E-state index in [4.69, 9.17) is 13.6 Å². The first-order valence-electron chi connectivity index (χ1n) is 18.9. The van der Waals surface area contributed by atoms with Crippen molar-refractivity contribution in [1.29, 1.82) is 0 Å². The molecule has 5 heterocycles. The number of hydrogen-bond donors (Lipinski definition) is 2. The van der Waals surface area contributed by atoms with Gasteiger partial charge in [-0.3, -0.25) is 9.69 Å². The number of rotatable bonds is 7. The third-order valence-corrected chi connectivity index (χ3v) is 10.1. The number of oxazole rings is 2. The van der Waals surface area contributed by atoms with E-state index in [1.165, 1.54) is 0 Å². The molecule has 4 atom stereocenters. The molecule has 3 fully saturated rings. The second-order valence-corrected chi connectivity index (χ2v) is 15.3. The summed E-state index contributed by atoms with van der Waals surface area (Å²) in [5.74, 6) is -0.795. The van der Waals surface area contributed by atoms with Crippen molar-refractivity contribution >= 4 is 52.2 Å². The molecule has 4 aromatic rings. The van der Waals surface area contributed by atoms with Gasteiger partial charge in [0, 0.05) is 51.4 Å². The SMILES string of the molecule is C[C@@H]1CN(C(=O)OC(C)(C)C)C[C@H](C)N1CCNC(=O)[C@@H]1CCCCN1c1nc2ccccc2o1.O=C(O)[C@@H]1CCCCN1c1nc2ccccc2o1. The van der Waals surface area contributed by atoms with E-state index in [2.05, 4.69) is 34.0 Å². The van der Waals surface area contributed by atoms with Crippen molar-refractivity contribution in [1.82, 2.24) is 25.1 Å². The predicted molar refractivity (Wildman–Crippen MR) is 202 cm³/mol. The van der Waals surface area contributed by atoms with E-state index in [-0.39, 0.29) is 30.1 Å². The van der Waals surface area contributed by atoms with Gasteiger partial charge in [0.1, 0.15) is 28.7 Å². The van der Waals surface area contributed by atoms with Gasteiger partial charge < -0.3 is 38.7 Å². The molecule has 2 N–H and O–H groups in total. The van der Waals surface area contributed by atoms with Crippen LogP contribution < -0.4 is 15.1 Å². The quantitative estimate of drug-likeness (QED) is 0.232. The van der Waals surface area contributed by atoms with Crippen LogP contribution in [-0.4, -0.2) is 112 Å². The molecule has 53 heavy (non-hydrogen) atoms. The molecule has 286 valence electrons. The van der Waals surface area contributed by atoms with Gasteiger partial charge in [-0.15, -0.1) is 0 Å². The van der Waals surface area contributed by atoms with Gasteiger partial charge in [-0.2, -0.15) is 9.97 Å². The minimum Gasteiger partial charge on any atom is -0.480 e. The number of anilines is 2. The van der Waals surface area contributed by atoms with Gasteiger partial charge in [0.15, 0.2) is 11.2 Å². The third kappa shape index (κ3) is 9.21. The number of ether oxygens (including phenoxy) is 1. The Balaban J connectivity index is 0.000000222. The van der Waals surface area contributed by atoms with Crippen LogP contribution in [0.25, 0.3) is 22.2 Å². The second-order valence-electron chi connectivity index (χ2n) is 15.3. The number of carboxylic acids is 1. The van der Waals surface area contributed by atoms with Gasteiger partial charge in [0.2, 0.25) is 5.91 Å². The highest BCUT2D eigenvalue weighted by molar-refractivity contribution is 5.85. The van der Waals surface area contributed by atoms with Crippen LogP contribution in [-0.2, 0) is 14.3 Å². The monoisotopic (exact) mass is 731 g/mol. The number of aliphatic carboxylic acids is 1. The highest BCUT2D eigenvalue weighted by Gasteiger charge is 2.35. The van der Waals surface area contributed by atoms with Gasteiger partial charge in [-0.1, -0.05) is 24.3 Å². The summed E-state index contributed by atoms with van der Waals surface area (Å²) in [5.41, 5.74) is 2.50. The first kappa shape index (κ1) is 37.9. The van der Waals surface area contributed by atoms with Crippen molar-refractivity contribution in [3.05, 3.63) is 48.5 Å². The molecule has 0 bridgehead atoms. The van der Waals surface area contributed by atoms with E-state index in [0.29, 0.717) is 50.2 Å². The summed E-state index contributed by atoms with van der Waals surface area (Å²) in [7, 11) is 0. The fourth-order valence-corrected chi connectivity index (χ4v) is 7.52. The van der Waals surface area contributed by atoms with Crippen LogP contribution in [0.1, 0.15) is 73.1 Å². The Bertz CT molecular complexity index is 1790. The number of hydrogen-bond acceptors (Lipinski definition) is 11. The maximum Gasteiger partial charge on any atom is 0.410 e. The number of amides is 2. The highest BCUT2D eigenvalue weighted by Crippen LogP contribution is 2.29. The number of carboxylic acid groups (broad SMARTS) is 1. The average Bonchev–Trinajstić information content (AvgIpc) is 3.77. The van der Waals surface area contributed by atoms with Crippen LogP contribution in [0.3, 0.4) is 0 Å². The topological polar surface area (TPSA) is 158 Å². The van der Waals surface area contributed by atoms with Crippen molar-refractivity contribution < 1.29 is 33.1 Å². The molecule has 3 saturated heterocycles. The van der Waals surface area contributed by atoms with Gasteiger partial charge in [0.05, 0.1) is 0 Å². The molecular formula is C39H53N7O7. The highest BCUT2D eigenvalue weighted by atomic mass is 16.6. The molecule has 2 amide bonds. The summed E-state index contributed by atoms with van der Waals surface area (Å²) in [6.45, 7) is 13.8. The summed E-state index contributed by atoms with van der Waals surface area (Å²) in [6, 6.07) is 15.6. The van der Waals surface area contributed by atoms with Crippen LogP contribution in [0.5, 0.6) is 0 Å². The molecule has 0 unspecified atom stereocenters. The molecule has 14 heteroatoms. The van der Waals surface area contributed by atoms with E-state index < -0.39 is 17.6 Å². The molecule has 0 aliphatic carbocycles. The van der Waals surface area contributed by atoms with Crippen LogP contribution in [0.2, 0.25) is 0 Å². The Morgan fingerprint density at radius 3 is 1.83 bits per heavy atom. The Morgan fingerprint density at radius 1 is 0.811 bits per heavy atom. The number of piperazine rings is 1. The van der Waals surface area contributed by atoms with E-state index >= 15 is 0 Å². The van der Waals surface area contributed by atoms with Crippen LogP contribution in [0.15, 0.2) is 57.4 Å². The standard InChI is InChI=1S/C26H39N5O4.C13H14N2O3/c1-18-16-29(25(33)35-26(3,4)5)17-19(2)30(18)15-13-27-23(32)21-11-8-9-14-31(21)24-28-20-10-6-7-12-22(20)34-24;16-12(17)10-6-3-4-8-15(10)13-14-9-5-1-2-7-11(9)18-13/h6-7,10,12,18-19,21H,8-9,11,13-17H2,1-5H3,(H,27,32);1-2,5,7,10H,3-4,6,8H2,(H,16,17)/t18-,19+,21-;10-/m00/s1. The molecular weight excluding hydrogens is 678 g/mol. The van der Waals surface area contributed by atoms with Gasteiger partial charge >= 0.3 is 12.1 Å². The van der Waals surface area contributed by atoms with Crippen molar-refractivity contribution in [2.75, 3.05) is 49.1 Å².